The van der Waals surface area contributed by atoms with Crippen LogP contribution in [0, 0.1) is 0 Å². The predicted octanol–water partition coefficient (Wildman–Crippen LogP) is 2.84. The minimum Gasteiger partial charge on any atom is -0.338 e. The van der Waals surface area contributed by atoms with Crippen LogP contribution in [0.25, 0.3) is 0 Å². The molecule has 124 valence electrons. The second kappa shape index (κ2) is 7.64. The van der Waals surface area contributed by atoms with Crippen molar-refractivity contribution in [2.24, 2.45) is 0 Å². The van der Waals surface area contributed by atoms with Crippen LogP contribution in [0.5, 0.6) is 0 Å². The average molecular weight is 313 g/mol. The van der Waals surface area contributed by atoms with Gasteiger partial charge in [0.15, 0.2) is 0 Å². The van der Waals surface area contributed by atoms with Crippen molar-refractivity contribution in [3.63, 3.8) is 0 Å². The molecule has 1 saturated heterocycles. The molecule has 0 unspecified atom stereocenters. The van der Waals surface area contributed by atoms with Crippen LogP contribution in [-0.4, -0.2) is 54.6 Å². The van der Waals surface area contributed by atoms with E-state index < -0.39 is 0 Å². The molecule has 2 heterocycles. The largest absolute Gasteiger partial charge is 0.338 e. The number of carbonyl (C=O) groups is 1. The Balaban J connectivity index is 1.38. The summed E-state index contributed by atoms with van der Waals surface area (Å²) in [6.45, 7) is 6.77. The van der Waals surface area contributed by atoms with E-state index in [-0.39, 0.29) is 6.03 Å². The fourth-order valence-electron chi connectivity index (χ4n) is 3.47. The summed E-state index contributed by atoms with van der Waals surface area (Å²) < 4.78 is 0. The first-order valence-corrected chi connectivity index (χ1v) is 8.71. The van der Waals surface area contributed by atoms with E-state index >= 15 is 0 Å². The molecule has 0 aromatic heterocycles. The number of urea groups is 1. The maximum absolute atomic E-state index is 12.3. The first-order valence-electron chi connectivity index (χ1n) is 8.71. The number of likely N-dealkylation sites (tertiary alicyclic amines) is 1. The van der Waals surface area contributed by atoms with Crippen molar-refractivity contribution in [1.82, 2.24) is 15.1 Å². The normalized spacial score (nSPS) is 22.5. The number of nitrogens with zero attached hydrogens (tertiary/aromatic N) is 2. The summed E-state index contributed by atoms with van der Waals surface area (Å²) in [7, 11) is 0. The van der Waals surface area contributed by atoms with E-state index in [4.69, 9.17) is 0 Å². The number of rotatable bonds is 5. The molecule has 3 rings (SSSR count). The third kappa shape index (κ3) is 4.14. The van der Waals surface area contributed by atoms with Crippen molar-refractivity contribution in [3.8, 4) is 0 Å². The van der Waals surface area contributed by atoms with Crippen LogP contribution in [0.1, 0.15) is 31.2 Å². The zero-order valence-electron chi connectivity index (χ0n) is 13.9. The minimum absolute atomic E-state index is 0.0971. The van der Waals surface area contributed by atoms with Crippen LogP contribution < -0.4 is 5.32 Å². The molecule has 4 heteroatoms. The predicted molar refractivity (Wildman–Crippen MR) is 93.6 cm³/mol. The van der Waals surface area contributed by atoms with E-state index in [0.717, 1.165) is 45.6 Å². The number of carbonyl (C=O) groups excluding carboxylic acids is 1. The Labute approximate surface area is 139 Å². The SMILES string of the molecule is C[C@H](CCNC(=O)N1CC[C@@H](N2CC=CC2)C1)c1ccccc1. The van der Waals surface area contributed by atoms with Crippen LogP contribution in [0.2, 0.25) is 0 Å². The van der Waals surface area contributed by atoms with Crippen molar-refractivity contribution >= 4 is 6.03 Å². The quantitative estimate of drug-likeness (QED) is 0.849. The summed E-state index contributed by atoms with van der Waals surface area (Å²) in [6, 6.07) is 11.1. The number of hydrogen-bond acceptors (Lipinski definition) is 2. The monoisotopic (exact) mass is 313 g/mol. The fourth-order valence-corrected chi connectivity index (χ4v) is 3.47. The highest BCUT2D eigenvalue weighted by Crippen LogP contribution is 2.19. The molecule has 23 heavy (non-hydrogen) atoms. The van der Waals surface area contributed by atoms with Gasteiger partial charge in [0.05, 0.1) is 0 Å². The standard InChI is InChI=1S/C19H27N3O/c1-16(17-7-3-2-4-8-17)9-11-20-19(23)22-14-10-18(15-22)21-12-5-6-13-21/h2-8,16,18H,9-15H2,1H3,(H,20,23)/t16-,18-/m1/s1. The van der Waals surface area contributed by atoms with Gasteiger partial charge in [-0.2, -0.15) is 0 Å². The van der Waals surface area contributed by atoms with E-state index in [2.05, 4.69) is 53.6 Å². The lowest BCUT2D eigenvalue weighted by Crippen LogP contribution is -2.42. The number of amides is 2. The molecule has 2 aliphatic heterocycles. The van der Waals surface area contributed by atoms with Crippen molar-refractivity contribution in [1.29, 1.82) is 0 Å². The molecular weight excluding hydrogens is 286 g/mol. The minimum atomic E-state index is 0.0971. The molecule has 0 spiro atoms. The first-order chi connectivity index (χ1) is 11.2. The summed E-state index contributed by atoms with van der Waals surface area (Å²) >= 11 is 0. The molecule has 0 bridgehead atoms. The lowest BCUT2D eigenvalue weighted by molar-refractivity contribution is 0.200. The lowest BCUT2D eigenvalue weighted by atomic mass is 9.98. The first kappa shape index (κ1) is 16.1. The van der Waals surface area contributed by atoms with E-state index in [9.17, 15) is 4.79 Å². The number of hydrogen-bond donors (Lipinski definition) is 1. The van der Waals surface area contributed by atoms with Gasteiger partial charge in [0.1, 0.15) is 0 Å². The topological polar surface area (TPSA) is 35.6 Å². The highest BCUT2D eigenvalue weighted by atomic mass is 16.2. The summed E-state index contributed by atoms with van der Waals surface area (Å²) in [5.41, 5.74) is 1.34. The highest BCUT2D eigenvalue weighted by Gasteiger charge is 2.30. The summed E-state index contributed by atoms with van der Waals surface area (Å²) in [6.07, 6.45) is 6.50. The molecule has 2 aliphatic rings. The molecule has 1 aromatic rings. The highest BCUT2D eigenvalue weighted by molar-refractivity contribution is 5.74. The number of benzene rings is 1. The fraction of sp³-hybridized carbons (Fsp3) is 0.526. The number of nitrogens with one attached hydrogen (secondary N) is 1. The molecule has 0 saturated carbocycles. The van der Waals surface area contributed by atoms with Crippen LogP contribution in [-0.2, 0) is 0 Å². The lowest BCUT2D eigenvalue weighted by Gasteiger charge is -2.24. The van der Waals surface area contributed by atoms with Crippen LogP contribution in [0.4, 0.5) is 4.79 Å². The van der Waals surface area contributed by atoms with Gasteiger partial charge >= 0.3 is 6.03 Å². The summed E-state index contributed by atoms with van der Waals surface area (Å²) in [5, 5.41) is 3.09. The maximum Gasteiger partial charge on any atom is 0.317 e. The average Bonchev–Trinajstić information content (AvgIpc) is 3.26. The maximum atomic E-state index is 12.3. The van der Waals surface area contributed by atoms with Gasteiger partial charge in [0, 0.05) is 38.8 Å². The molecule has 2 amide bonds. The Morgan fingerprint density at radius 3 is 2.74 bits per heavy atom. The molecular formula is C19H27N3O. The van der Waals surface area contributed by atoms with Gasteiger partial charge < -0.3 is 10.2 Å². The Kier molecular flexibility index (Phi) is 5.34. The molecule has 1 aromatic carbocycles. The second-order valence-electron chi connectivity index (χ2n) is 6.65. The zero-order chi connectivity index (χ0) is 16.1. The van der Waals surface area contributed by atoms with Crippen molar-refractivity contribution in [2.75, 3.05) is 32.7 Å². The van der Waals surface area contributed by atoms with Gasteiger partial charge in [-0.25, -0.2) is 4.79 Å². The van der Waals surface area contributed by atoms with Gasteiger partial charge in [-0.1, -0.05) is 49.4 Å². The summed E-state index contributed by atoms with van der Waals surface area (Å²) in [5.74, 6) is 0.471. The smallest absolute Gasteiger partial charge is 0.317 e. The Morgan fingerprint density at radius 2 is 2.00 bits per heavy atom. The van der Waals surface area contributed by atoms with Gasteiger partial charge in [-0.15, -0.1) is 0 Å². The van der Waals surface area contributed by atoms with E-state index in [1.165, 1.54) is 5.56 Å². The van der Waals surface area contributed by atoms with Crippen molar-refractivity contribution in [2.45, 2.75) is 31.7 Å². The van der Waals surface area contributed by atoms with E-state index in [0.29, 0.717) is 12.0 Å². The van der Waals surface area contributed by atoms with Crippen molar-refractivity contribution in [3.05, 3.63) is 48.0 Å². The second-order valence-corrected chi connectivity index (χ2v) is 6.65. The van der Waals surface area contributed by atoms with Gasteiger partial charge in [-0.05, 0) is 24.3 Å². The molecule has 1 N–H and O–H groups in total. The van der Waals surface area contributed by atoms with Gasteiger partial charge in [0.25, 0.3) is 0 Å². The van der Waals surface area contributed by atoms with Crippen LogP contribution >= 0.6 is 0 Å². The molecule has 1 fully saturated rings. The van der Waals surface area contributed by atoms with Crippen LogP contribution in [0.15, 0.2) is 42.5 Å². The summed E-state index contributed by atoms with van der Waals surface area (Å²) in [4.78, 5) is 16.7. The Morgan fingerprint density at radius 1 is 1.26 bits per heavy atom. The zero-order valence-corrected chi connectivity index (χ0v) is 13.9. The Bertz CT molecular complexity index is 535. The van der Waals surface area contributed by atoms with E-state index in [1.807, 2.05) is 11.0 Å². The van der Waals surface area contributed by atoms with Gasteiger partial charge in [0.2, 0.25) is 0 Å². The van der Waals surface area contributed by atoms with E-state index in [1.54, 1.807) is 0 Å². The molecule has 2 atom stereocenters. The third-order valence-corrected chi connectivity index (χ3v) is 5.04. The Hall–Kier alpha value is -1.81. The molecule has 0 radical (unpaired) electrons. The van der Waals surface area contributed by atoms with Gasteiger partial charge in [-0.3, -0.25) is 4.90 Å². The van der Waals surface area contributed by atoms with Crippen molar-refractivity contribution < 1.29 is 4.79 Å². The molecule has 0 aliphatic carbocycles. The van der Waals surface area contributed by atoms with Crippen LogP contribution in [0.3, 0.4) is 0 Å². The molecule has 4 nitrogen and oxygen atoms in total. The third-order valence-electron chi connectivity index (χ3n) is 5.04.